The Bertz CT molecular complexity index is 249. The maximum Gasteiger partial charge on any atom is 0.320 e. The van der Waals surface area contributed by atoms with E-state index in [4.69, 9.17) is 5.11 Å². The highest BCUT2D eigenvalue weighted by molar-refractivity contribution is 8.01. The molecule has 66 valence electrons. The molecule has 0 aliphatic heterocycles. The van der Waals surface area contributed by atoms with E-state index in [0.717, 1.165) is 12.8 Å². The second kappa shape index (κ2) is 2.52. The molecule has 0 aromatic rings. The fourth-order valence-corrected chi connectivity index (χ4v) is 3.52. The zero-order valence-corrected chi connectivity index (χ0v) is 7.80. The number of hydrogen-bond acceptors (Lipinski definition) is 2. The van der Waals surface area contributed by atoms with Crippen LogP contribution in [0.15, 0.2) is 12.2 Å². The highest BCUT2D eigenvalue weighted by Crippen LogP contribution is 2.63. The SMILES string of the molecule is CSC1(C(=O)O)C2C=CCCC21. The van der Waals surface area contributed by atoms with Gasteiger partial charge < -0.3 is 5.11 Å². The van der Waals surface area contributed by atoms with Crippen LogP contribution in [0, 0.1) is 11.8 Å². The van der Waals surface area contributed by atoms with Gasteiger partial charge in [0.05, 0.1) is 0 Å². The Hall–Kier alpha value is -0.440. The zero-order valence-electron chi connectivity index (χ0n) is 6.99. The second-order valence-electron chi connectivity index (χ2n) is 3.44. The van der Waals surface area contributed by atoms with E-state index in [1.807, 2.05) is 6.26 Å². The number of carboxylic acids is 1. The van der Waals surface area contributed by atoms with Crippen LogP contribution in [-0.4, -0.2) is 22.1 Å². The van der Waals surface area contributed by atoms with Crippen molar-refractivity contribution in [2.75, 3.05) is 6.26 Å². The predicted molar refractivity (Wildman–Crippen MR) is 49.2 cm³/mol. The number of aliphatic carboxylic acids is 1. The molecule has 0 bridgehead atoms. The zero-order chi connectivity index (χ0) is 8.77. The van der Waals surface area contributed by atoms with Gasteiger partial charge in [-0.05, 0) is 25.0 Å². The Labute approximate surface area is 76.0 Å². The van der Waals surface area contributed by atoms with E-state index in [0.29, 0.717) is 11.8 Å². The molecule has 2 nitrogen and oxygen atoms in total. The summed E-state index contributed by atoms with van der Waals surface area (Å²) >= 11 is 1.50. The number of carboxylic acid groups (broad SMARTS) is 1. The van der Waals surface area contributed by atoms with Gasteiger partial charge in [0.2, 0.25) is 0 Å². The lowest BCUT2D eigenvalue weighted by Crippen LogP contribution is -2.21. The summed E-state index contributed by atoms with van der Waals surface area (Å²) in [6, 6.07) is 0. The first-order chi connectivity index (χ1) is 5.73. The lowest BCUT2D eigenvalue weighted by atomic mass is 10.1. The van der Waals surface area contributed by atoms with E-state index in [1.54, 1.807) is 0 Å². The summed E-state index contributed by atoms with van der Waals surface area (Å²) in [5.41, 5.74) is 0. The van der Waals surface area contributed by atoms with E-state index in [9.17, 15) is 4.79 Å². The van der Waals surface area contributed by atoms with Crippen molar-refractivity contribution in [1.82, 2.24) is 0 Å². The number of fused-ring (bicyclic) bond motifs is 1. The van der Waals surface area contributed by atoms with Crippen molar-refractivity contribution in [3.8, 4) is 0 Å². The molecule has 2 aliphatic rings. The van der Waals surface area contributed by atoms with Crippen molar-refractivity contribution in [2.45, 2.75) is 17.6 Å². The Morgan fingerprint density at radius 3 is 2.92 bits per heavy atom. The number of rotatable bonds is 2. The Morgan fingerprint density at radius 1 is 1.75 bits per heavy atom. The quantitative estimate of drug-likeness (QED) is 0.664. The molecule has 0 heterocycles. The van der Waals surface area contributed by atoms with Crippen LogP contribution in [0.25, 0.3) is 0 Å². The maximum absolute atomic E-state index is 11.0. The summed E-state index contributed by atoms with van der Waals surface area (Å²) in [6.45, 7) is 0. The molecule has 0 radical (unpaired) electrons. The fourth-order valence-electron chi connectivity index (χ4n) is 2.33. The van der Waals surface area contributed by atoms with Crippen LogP contribution >= 0.6 is 11.8 Å². The standard InChI is InChI=1S/C9H12O2S/c1-12-9(8(10)11)6-4-2-3-5-7(6)9/h2,4,6-7H,3,5H2,1H3,(H,10,11). The maximum atomic E-state index is 11.0. The molecule has 12 heavy (non-hydrogen) atoms. The molecule has 3 atom stereocenters. The van der Waals surface area contributed by atoms with Crippen LogP contribution in [-0.2, 0) is 4.79 Å². The molecule has 1 saturated carbocycles. The molecule has 0 saturated heterocycles. The predicted octanol–water partition coefficient (Wildman–Crippen LogP) is 1.77. The Balaban J connectivity index is 2.24. The summed E-state index contributed by atoms with van der Waals surface area (Å²) in [4.78, 5) is 11.0. The molecule has 0 amide bonds. The smallest absolute Gasteiger partial charge is 0.320 e. The summed E-state index contributed by atoms with van der Waals surface area (Å²) in [7, 11) is 0. The first-order valence-electron chi connectivity index (χ1n) is 4.18. The van der Waals surface area contributed by atoms with Crippen LogP contribution in [0.1, 0.15) is 12.8 Å². The van der Waals surface area contributed by atoms with Crippen LogP contribution in [0.3, 0.4) is 0 Å². The first kappa shape index (κ1) is 8.17. The largest absolute Gasteiger partial charge is 0.480 e. The molecule has 2 aliphatic carbocycles. The summed E-state index contributed by atoms with van der Waals surface area (Å²) in [5.74, 6) is 0.0744. The summed E-state index contributed by atoms with van der Waals surface area (Å²) in [5, 5.41) is 9.08. The minimum Gasteiger partial charge on any atom is -0.480 e. The van der Waals surface area contributed by atoms with E-state index in [1.165, 1.54) is 11.8 Å². The minimum atomic E-state index is -0.628. The third kappa shape index (κ3) is 0.802. The summed E-state index contributed by atoms with van der Waals surface area (Å²) in [6.07, 6.45) is 8.20. The molecular weight excluding hydrogens is 172 g/mol. The molecular formula is C9H12O2S. The van der Waals surface area contributed by atoms with Crippen molar-refractivity contribution in [3.63, 3.8) is 0 Å². The minimum absolute atomic E-state index is 0.304. The van der Waals surface area contributed by atoms with E-state index < -0.39 is 10.7 Å². The molecule has 1 fully saturated rings. The number of carbonyl (C=O) groups is 1. The fraction of sp³-hybridized carbons (Fsp3) is 0.667. The van der Waals surface area contributed by atoms with Crippen LogP contribution in [0.5, 0.6) is 0 Å². The monoisotopic (exact) mass is 184 g/mol. The molecule has 2 rings (SSSR count). The van der Waals surface area contributed by atoms with Crippen molar-refractivity contribution < 1.29 is 9.90 Å². The van der Waals surface area contributed by atoms with Gasteiger partial charge in [-0.25, -0.2) is 0 Å². The second-order valence-corrected chi connectivity index (χ2v) is 4.52. The third-order valence-electron chi connectivity index (χ3n) is 3.03. The van der Waals surface area contributed by atoms with Gasteiger partial charge in [-0.3, -0.25) is 4.79 Å². The normalized spacial score (nSPS) is 43.8. The van der Waals surface area contributed by atoms with Crippen molar-refractivity contribution in [1.29, 1.82) is 0 Å². The number of hydrogen-bond donors (Lipinski definition) is 1. The number of allylic oxidation sites excluding steroid dienone is 2. The van der Waals surface area contributed by atoms with Gasteiger partial charge in [0.25, 0.3) is 0 Å². The molecule has 1 N–H and O–H groups in total. The third-order valence-corrected chi connectivity index (χ3v) is 4.46. The molecule has 3 heteroatoms. The van der Waals surface area contributed by atoms with Gasteiger partial charge in [0.15, 0.2) is 0 Å². The molecule has 0 spiro atoms. The van der Waals surface area contributed by atoms with Gasteiger partial charge in [0, 0.05) is 5.92 Å². The van der Waals surface area contributed by atoms with Gasteiger partial charge in [0.1, 0.15) is 4.75 Å². The van der Waals surface area contributed by atoms with Gasteiger partial charge >= 0.3 is 5.97 Å². The van der Waals surface area contributed by atoms with E-state index in [2.05, 4.69) is 12.2 Å². The van der Waals surface area contributed by atoms with E-state index >= 15 is 0 Å². The Kier molecular flexibility index (Phi) is 1.72. The van der Waals surface area contributed by atoms with Crippen LogP contribution in [0.4, 0.5) is 0 Å². The van der Waals surface area contributed by atoms with Gasteiger partial charge in [-0.2, -0.15) is 0 Å². The lowest BCUT2D eigenvalue weighted by molar-refractivity contribution is -0.137. The molecule has 0 aromatic heterocycles. The lowest BCUT2D eigenvalue weighted by Gasteiger charge is -2.06. The van der Waals surface area contributed by atoms with Crippen molar-refractivity contribution in [3.05, 3.63) is 12.2 Å². The first-order valence-corrected chi connectivity index (χ1v) is 5.41. The number of thioether (sulfide) groups is 1. The molecule has 3 unspecified atom stereocenters. The molecule has 0 aromatic carbocycles. The summed E-state index contributed by atoms with van der Waals surface area (Å²) < 4.78 is -0.465. The average Bonchev–Trinajstić information content (AvgIpc) is 2.73. The van der Waals surface area contributed by atoms with E-state index in [-0.39, 0.29) is 0 Å². The highest BCUT2D eigenvalue weighted by Gasteiger charge is 2.68. The van der Waals surface area contributed by atoms with Crippen molar-refractivity contribution >= 4 is 17.7 Å². The topological polar surface area (TPSA) is 37.3 Å². The Morgan fingerprint density at radius 2 is 2.50 bits per heavy atom. The average molecular weight is 184 g/mol. The van der Waals surface area contributed by atoms with Gasteiger partial charge in [-0.1, -0.05) is 12.2 Å². The van der Waals surface area contributed by atoms with Crippen molar-refractivity contribution in [2.24, 2.45) is 11.8 Å². The van der Waals surface area contributed by atoms with Gasteiger partial charge in [-0.15, -0.1) is 11.8 Å². The van der Waals surface area contributed by atoms with Crippen LogP contribution < -0.4 is 0 Å². The van der Waals surface area contributed by atoms with Crippen LogP contribution in [0.2, 0.25) is 0 Å². The highest BCUT2D eigenvalue weighted by atomic mass is 32.2.